The molecular formula is C7H10O. The van der Waals surface area contributed by atoms with Crippen LogP contribution in [0.25, 0.3) is 0 Å². The minimum Gasteiger partial charge on any atom is -0.392 e. The van der Waals surface area contributed by atoms with E-state index in [0.29, 0.717) is 11.8 Å². The summed E-state index contributed by atoms with van der Waals surface area (Å²) in [4.78, 5) is 0. The van der Waals surface area contributed by atoms with Gasteiger partial charge in [-0.2, -0.15) is 0 Å². The molecule has 0 amide bonds. The number of aliphatic hydroxyl groups is 1. The summed E-state index contributed by atoms with van der Waals surface area (Å²) in [5.41, 5.74) is 0. The van der Waals surface area contributed by atoms with Crippen LogP contribution in [0.1, 0.15) is 14.2 Å². The van der Waals surface area contributed by atoms with Gasteiger partial charge in [0.25, 0.3) is 0 Å². The smallest absolute Gasteiger partial charge is 0.0608 e. The van der Waals surface area contributed by atoms with Crippen LogP contribution >= 0.6 is 0 Å². The Morgan fingerprint density at radius 3 is 2.88 bits per heavy atom. The van der Waals surface area contributed by atoms with E-state index < -0.39 is 0 Å². The van der Waals surface area contributed by atoms with Crippen molar-refractivity contribution in [2.45, 2.75) is 18.9 Å². The molecule has 2 rings (SSSR count). The number of rotatable bonds is 0. The maximum atomic E-state index is 9.25. The second-order valence-corrected chi connectivity index (χ2v) is 2.63. The summed E-state index contributed by atoms with van der Waals surface area (Å²) in [6.45, 7) is 0. The highest BCUT2D eigenvalue weighted by atomic mass is 16.3. The summed E-state index contributed by atoms with van der Waals surface area (Å²) >= 11 is 0. The molecule has 2 aliphatic carbocycles. The van der Waals surface area contributed by atoms with Crippen LogP contribution in [-0.2, 0) is 0 Å². The zero-order valence-corrected chi connectivity index (χ0v) is 4.62. The molecule has 1 saturated carbocycles. The Kier molecular flexibility index (Phi) is 0.620. The van der Waals surface area contributed by atoms with Crippen molar-refractivity contribution in [3.05, 3.63) is 12.2 Å². The van der Waals surface area contributed by atoms with Crippen molar-refractivity contribution in [1.82, 2.24) is 0 Å². The van der Waals surface area contributed by atoms with Gasteiger partial charge in [-0.1, -0.05) is 12.2 Å². The number of hydrogen-bond donors (Lipinski definition) is 1. The Balaban J connectivity index is 2.26. The molecule has 0 saturated heterocycles. The summed E-state index contributed by atoms with van der Waals surface area (Å²) in [6, 6.07) is 0. The number of hydrogen-bond acceptors (Lipinski definition) is 1. The Morgan fingerprint density at radius 2 is 2.50 bits per heavy atom. The maximum absolute atomic E-state index is 9.25. The van der Waals surface area contributed by atoms with Crippen molar-refractivity contribution >= 4 is 0 Å². The van der Waals surface area contributed by atoms with Crippen molar-refractivity contribution in [1.29, 1.82) is 0 Å². The molecule has 1 N–H and O–H groups in total. The standard InChI is InChI=1S/C7H10O/c8-7-4-5-1-2-6(7)3-5/h1-2,5-8H,3-4H2/t5-,6+,7+/m0/s1/i4D/t4-,5+,6-,7-/m1. The monoisotopic (exact) mass is 111 g/mol. The molecule has 2 aliphatic rings. The van der Waals surface area contributed by atoms with E-state index in [4.69, 9.17) is 1.37 Å². The molecule has 44 valence electrons. The average molecular weight is 111 g/mol. The minimum absolute atomic E-state index is 0.236. The lowest BCUT2D eigenvalue weighted by atomic mass is 10.1. The molecular weight excluding hydrogens is 100 g/mol. The van der Waals surface area contributed by atoms with E-state index in [1.807, 2.05) is 6.08 Å². The molecule has 8 heavy (non-hydrogen) atoms. The Hall–Kier alpha value is -0.300. The van der Waals surface area contributed by atoms with Gasteiger partial charge in [0.15, 0.2) is 0 Å². The minimum atomic E-state index is -0.375. The molecule has 0 aliphatic heterocycles. The summed E-state index contributed by atoms with van der Waals surface area (Å²) in [6.07, 6.45) is 4.50. The maximum Gasteiger partial charge on any atom is 0.0608 e. The molecule has 0 radical (unpaired) electrons. The van der Waals surface area contributed by atoms with Crippen LogP contribution in [0.3, 0.4) is 0 Å². The molecule has 0 aromatic rings. The third kappa shape index (κ3) is 0.451. The molecule has 0 heterocycles. The van der Waals surface area contributed by atoms with Gasteiger partial charge < -0.3 is 5.11 Å². The van der Waals surface area contributed by atoms with E-state index in [0.717, 1.165) is 6.42 Å². The predicted octanol–water partition coefficient (Wildman–Crippen LogP) is 0.943. The van der Waals surface area contributed by atoms with E-state index in [1.165, 1.54) is 0 Å². The predicted molar refractivity (Wildman–Crippen MR) is 31.4 cm³/mol. The Bertz CT molecular complexity index is 139. The first-order chi connectivity index (χ1) is 4.29. The highest BCUT2D eigenvalue weighted by Crippen LogP contribution is 2.38. The van der Waals surface area contributed by atoms with Gasteiger partial charge in [-0.05, 0) is 18.7 Å². The van der Waals surface area contributed by atoms with Gasteiger partial charge in [0.05, 0.1) is 6.10 Å². The van der Waals surface area contributed by atoms with Crippen LogP contribution in [0, 0.1) is 11.8 Å². The Morgan fingerprint density at radius 1 is 1.62 bits per heavy atom. The van der Waals surface area contributed by atoms with E-state index in [1.54, 1.807) is 0 Å². The summed E-state index contributed by atoms with van der Waals surface area (Å²) in [5, 5.41) is 9.25. The second-order valence-electron chi connectivity index (χ2n) is 2.63. The third-order valence-corrected chi connectivity index (χ3v) is 2.03. The molecule has 4 atom stereocenters. The van der Waals surface area contributed by atoms with Crippen molar-refractivity contribution < 1.29 is 6.48 Å². The lowest BCUT2D eigenvalue weighted by Crippen LogP contribution is -2.11. The van der Waals surface area contributed by atoms with E-state index in [2.05, 4.69) is 6.08 Å². The van der Waals surface area contributed by atoms with E-state index >= 15 is 0 Å². The average Bonchev–Trinajstić information content (AvgIpc) is 2.37. The van der Waals surface area contributed by atoms with Gasteiger partial charge in [0.2, 0.25) is 0 Å². The van der Waals surface area contributed by atoms with Crippen LogP contribution < -0.4 is 0 Å². The molecule has 1 nitrogen and oxygen atoms in total. The summed E-state index contributed by atoms with van der Waals surface area (Å²) in [7, 11) is 0. The van der Waals surface area contributed by atoms with Gasteiger partial charge >= 0.3 is 0 Å². The molecule has 0 aromatic carbocycles. The first-order valence-corrected chi connectivity index (χ1v) is 3.07. The number of aliphatic hydroxyl groups excluding tert-OH is 1. The zero-order valence-electron chi connectivity index (χ0n) is 5.62. The van der Waals surface area contributed by atoms with Gasteiger partial charge in [-0.25, -0.2) is 0 Å². The molecule has 1 heteroatoms. The van der Waals surface area contributed by atoms with Crippen molar-refractivity contribution in [3.63, 3.8) is 0 Å². The van der Waals surface area contributed by atoms with Crippen LogP contribution in [0.4, 0.5) is 0 Å². The molecule has 0 unspecified atom stereocenters. The van der Waals surface area contributed by atoms with E-state index in [9.17, 15) is 5.11 Å². The van der Waals surface area contributed by atoms with Crippen LogP contribution in [0.2, 0.25) is 0 Å². The third-order valence-electron chi connectivity index (χ3n) is 2.03. The molecule has 2 bridgehead atoms. The lowest BCUT2D eigenvalue weighted by molar-refractivity contribution is 0.148. The Labute approximate surface area is 50.4 Å². The van der Waals surface area contributed by atoms with E-state index in [-0.39, 0.29) is 12.5 Å². The fraction of sp³-hybridized carbons (Fsp3) is 0.714. The first-order valence-electron chi connectivity index (χ1n) is 3.65. The summed E-state index contributed by atoms with van der Waals surface area (Å²) in [5.74, 6) is 0.655. The van der Waals surface area contributed by atoms with Gasteiger partial charge in [-0.15, -0.1) is 0 Å². The van der Waals surface area contributed by atoms with Gasteiger partial charge in [0.1, 0.15) is 0 Å². The molecule has 0 aromatic heterocycles. The quantitative estimate of drug-likeness (QED) is 0.461. The first kappa shape index (κ1) is 3.67. The fourth-order valence-corrected chi connectivity index (χ4v) is 1.55. The molecule has 0 spiro atoms. The van der Waals surface area contributed by atoms with Crippen LogP contribution in [0.15, 0.2) is 12.2 Å². The zero-order chi connectivity index (χ0) is 6.43. The summed E-state index contributed by atoms with van der Waals surface area (Å²) < 4.78 is 7.42. The van der Waals surface area contributed by atoms with Gasteiger partial charge in [-0.3, -0.25) is 0 Å². The largest absolute Gasteiger partial charge is 0.392 e. The lowest BCUT2D eigenvalue weighted by Gasteiger charge is -2.08. The number of allylic oxidation sites excluding steroid dienone is 1. The SMILES string of the molecule is [2H][C@H]1[C@@H](O)[C@@H]2C=C[C@H]1C2. The highest BCUT2D eigenvalue weighted by Gasteiger charge is 2.33. The number of fused-ring (bicyclic) bond motifs is 2. The molecule has 1 fully saturated rings. The van der Waals surface area contributed by atoms with Crippen molar-refractivity contribution in [2.24, 2.45) is 11.8 Å². The van der Waals surface area contributed by atoms with Crippen molar-refractivity contribution in [2.75, 3.05) is 0 Å². The highest BCUT2D eigenvalue weighted by molar-refractivity contribution is 5.10. The van der Waals surface area contributed by atoms with Gasteiger partial charge in [0, 0.05) is 7.29 Å². The topological polar surface area (TPSA) is 20.2 Å². The van der Waals surface area contributed by atoms with Crippen molar-refractivity contribution in [3.8, 4) is 0 Å². The normalized spacial score (nSPS) is 61.9. The fourth-order valence-electron chi connectivity index (χ4n) is 1.55. The second kappa shape index (κ2) is 1.35. The van der Waals surface area contributed by atoms with Crippen LogP contribution in [-0.4, -0.2) is 11.2 Å². The van der Waals surface area contributed by atoms with Crippen LogP contribution in [0.5, 0.6) is 0 Å².